The van der Waals surface area contributed by atoms with Crippen molar-refractivity contribution in [1.29, 1.82) is 0 Å². The van der Waals surface area contributed by atoms with E-state index in [1.807, 2.05) is 23.6 Å². The minimum atomic E-state index is -0.111. The van der Waals surface area contributed by atoms with Crippen LogP contribution < -0.4 is 10.6 Å². The highest BCUT2D eigenvalue weighted by Crippen LogP contribution is 2.38. The van der Waals surface area contributed by atoms with E-state index in [9.17, 15) is 9.59 Å². The molecular formula is C21H26N2O2S. The lowest BCUT2D eigenvalue weighted by molar-refractivity contribution is -0.117. The van der Waals surface area contributed by atoms with Crippen molar-refractivity contribution in [2.75, 3.05) is 5.32 Å². The summed E-state index contributed by atoms with van der Waals surface area (Å²) in [5.74, 6) is 0.991. The van der Waals surface area contributed by atoms with Gasteiger partial charge in [0.2, 0.25) is 5.91 Å². The Morgan fingerprint density at radius 2 is 2.00 bits per heavy atom. The molecule has 1 fully saturated rings. The van der Waals surface area contributed by atoms with Crippen LogP contribution in [0.4, 0.5) is 5.69 Å². The Morgan fingerprint density at radius 3 is 2.62 bits per heavy atom. The van der Waals surface area contributed by atoms with Crippen molar-refractivity contribution in [3.63, 3.8) is 0 Å². The van der Waals surface area contributed by atoms with Crippen LogP contribution in [-0.4, -0.2) is 11.8 Å². The van der Waals surface area contributed by atoms with Crippen LogP contribution in [0, 0.1) is 17.8 Å². The molecule has 1 saturated carbocycles. The van der Waals surface area contributed by atoms with Gasteiger partial charge in [0.15, 0.2) is 0 Å². The van der Waals surface area contributed by atoms with Gasteiger partial charge in [-0.05, 0) is 54.3 Å². The fourth-order valence-corrected chi connectivity index (χ4v) is 3.90. The minimum Gasteiger partial charge on any atom is -0.344 e. The number of carbonyl (C=O) groups is 2. The average Bonchev–Trinajstić information content (AvgIpc) is 3.09. The van der Waals surface area contributed by atoms with Gasteiger partial charge in [-0.25, -0.2) is 0 Å². The number of hydrogen-bond donors (Lipinski definition) is 2. The molecule has 26 heavy (non-hydrogen) atoms. The Labute approximate surface area is 159 Å². The van der Waals surface area contributed by atoms with Crippen LogP contribution in [0.25, 0.3) is 0 Å². The van der Waals surface area contributed by atoms with E-state index in [1.165, 1.54) is 4.88 Å². The molecule has 2 aromatic rings. The average molecular weight is 371 g/mol. The molecule has 4 nitrogen and oxygen atoms in total. The standard InChI is InChI=1S/C21H26N2O2S/c1-13(2)10-18(19-8-5-9-26-19)23-20(24)15-6-4-7-16(12-15)22-21(25)17-11-14(17)3/h4-9,12-14,17-18H,10-11H2,1-3H3,(H,22,25)(H,23,24). The molecule has 2 amide bonds. The molecule has 5 heteroatoms. The van der Waals surface area contributed by atoms with E-state index in [0.717, 1.165) is 12.8 Å². The summed E-state index contributed by atoms with van der Waals surface area (Å²) in [6.45, 7) is 6.39. The molecule has 1 aliphatic rings. The number of amides is 2. The number of carbonyl (C=O) groups excluding carboxylic acids is 2. The van der Waals surface area contributed by atoms with Crippen molar-refractivity contribution in [2.24, 2.45) is 17.8 Å². The lowest BCUT2D eigenvalue weighted by Crippen LogP contribution is -2.29. The van der Waals surface area contributed by atoms with Gasteiger partial charge in [-0.1, -0.05) is 32.9 Å². The molecule has 1 aliphatic carbocycles. The van der Waals surface area contributed by atoms with E-state index in [1.54, 1.807) is 23.5 Å². The van der Waals surface area contributed by atoms with Crippen LogP contribution in [0.3, 0.4) is 0 Å². The smallest absolute Gasteiger partial charge is 0.251 e. The molecule has 1 heterocycles. The minimum absolute atomic E-state index is 0.00746. The predicted octanol–water partition coefficient (Wildman–Crippen LogP) is 4.86. The van der Waals surface area contributed by atoms with Gasteiger partial charge < -0.3 is 10.6 Å². The highest BCUT2D eigenvalue weighted by atomic mass is 32.1. The highest BCUT2D eigenvalue weighted by Gasteiger charge is 2.39. The molecule has 1 aromatic carbocycles. The summed E-state index contributed by atoms with van der Waals surface area (Å²) >= 11 is 1.66. The maximum atomic E-state index is 12.7. The highest BCUT2D eigenvalue weighted by molar-refractivity contribution is 7.10. The fraction of sp³-hybridized carbons (Fsp3) is 0.429. The van der Waals surface area contributed by atoms with Gasteiger partial charge in [-0.2, -0.15) is 0 Å². The van der Waals surface area contributed by atoms with Gasteiger partial charge in [-0.3, -0.25) is 9.59 Å². The van der Waals surface area contributed by atoms with Crippen molar-refractivity contribution in [1.82, 2.24) is 5.32 Å². The summed E-state index contributed by atoms with van der Waals surface area (Å²) in [4.78, 5) is 26.0. The molecule has 3 unspecified atom stereocenters. The van der Waals surface area contributed by atoms with Crippen molar-refractivity contribution in [3.8, 4) is 0 Å². The van der Waals surface area contributed by atoms with Gasteiger partial charge >= 0.3 is 0 Å². The van der Waals surface area contributed by atoms with Gasteiger partial charge in [0.1, 0.15) is 0 Å². The van der Waals surface area contributed by atoms with Gasteiger partial charge in [0.25, 0.3) is 5.91 Å². The summed E-state index contributed by atoms with van der Waals surface area (Å²) in [7, 11) is 0. The van der Waals surface area contributed by atoms with Gasteiger partial charge in [0, 0.05) is 22.0 Å². The first kappa shape index (κ1) is 18.6. The summed E-state index contributed by atoms with van der Waals surface area (Å²) < 4.78 is 0. The lowest BCUT2D eigenvalue weighted by Gasteiger charge is -2.20. The Hall–Kier alpha value is -2.14. The fourth-order valence-electron chi connectivity index (χ4n) is 3.11. The number of thiophene rings is 1. The zero-order valence-corrected chi connectivity index (χ0v) is 16.3. The van der Waals surface area contributed by atoms with Crippen LogP contribution >= 0.6 is 11.3 Å². The molecular weight excluding hydrogens is 344 g/mol. The second kappa shape index (κ2) is 8.04. The molecule has 2 N–H and O–H groups in total. The third-order valence-corrected chi connectivity index (χ3v) is 5.72. The van der Waals surface area contributed by atoms with Gasteiger partial charge in [0.05, 0.1) is 6.04 Å². The predicted molar refractivity (Wildman–Crippen MR) is 106 cm³/mol. The van der Waals surface area contributed by atoms with E-state index < -0.39 is 0 Å². The normalized spacial score (nSPS) is 19.8. The quantitative estimate of drug-likeness (QED) is 0.731. The zero-order chi connectivity index (χ0) is 18.7. The maximum Gasteiger partial charge on any atom is 0.251 e. The number of rotatable bonds is 7. The van der Waals surface area contributed by atoms with Crippen LogP contribution in [0.5, 0.6) is 0 Å². The van der Waals surface area contributed by atoms with E-state index in [0.29, 0.717) is 23.1 Å². The Bertz CT molecular complexity index is 770. The third kappa shape index (κ3) is 4.73. The van der Waals surface area contributed by atoms with Crippen LogP contribution in [-0.2, 0) is 4.79 Å². The van der Waals surface area contributed by atoms with Crippen molar-refractivity contribution in [3.05, 3.63) is 52.2 Å². The van der Waals surface area contributed by atoms with E-state index >= 15 is 0 Å². The zero-order valence-electron chi connectivity index (χ0n) is 15.5. The molecule has 0 aliphatic heterocycles. The van der Waals surface area contributed by atoms with Crippen molar-refractivity contribution in [2.45, 2.75) is 39.7 Å². The summed E-state index contributed by atoms with van der Waals surface area (Å²) in [6.07, 6.45) is 1.84. The topological polar surface area (TPSA) is 58.2 Å². The van der Waals surface area contributed by atoms with Crippen molar-refractivity contribution >= 4 is 28.8 Å². The summed E-state index contributed by atoms with van der Waals surface area (Å²) in [5, 5.41) is 8.11. The monoisotopic (exact) mass is 370 g/mol. The molecule has 138 valence electrons. The number of anilines is 1. The Morgan fingerprint density at radius 1 is 1.23 bits per heavy atom. The van der Waals surface area contributed by atoms with E-state index in [-0.39, 0.29) is 23.8 Å². The third-order valence-electron chi connectivity index (χ3n) is 4.74. The van der Waals surface area contributed by atoms with Crippen LogP contribution in [0.1, 0.15) is 54.9 Å². The largest absolute Gasteiger partial charge is 0.344 e. The molecule has 0 radical (unpaired) electrons. The molecule has 3 atom stereocenters. The second-order valence-electron chi connectivity index (χ2n) is 7.56. The van der Waals surface area contributed by atoms with Crippen LogP contribution in [0.2, 0.25) is 0 Å². The van der Waals surface area contributed by atoms with Gasteiger partial charge in [-0.15, -0.1) is 11.3 Å². The van der Waals surface area contributed by atoms with E-state index in [2.05, 4.69) is 37.5 Å². The molecule has 0 bridgehead atoms. The number of hydrogen-bond acceptors (Lipinski definition) is 3. The van der Waals surface area contributed by atoms with E-state index in [4.69, 9.17) is 0 Å². The first-order valence-electron chi connectivity index (χ1n) is 9.19. The Kier molecular flexibility index (Phi) is 5.77. The first-order valence-corrected chi connectivity index (χ1v) is 10.1. The maximum absolute atomic E-state index is 12.7. The number of nitrogens with one attached hydrogen (secondary N) is 2. The van der Waals surface area contributed by atoms with Crippen molar-refractivity contribution < 1.29 is 9.59 Å². The molecule has 0 saturated heterocycles. The summed E-state index contributed by atoms with van der Waals surface area (Å²) in [5.41, 5.74) is 1.25. The second-order valence-corrected chi connectivity index (χ2v) is 8.54. The molecule has 1 aromatic heterocycles. The SMILES string of the molecule is CC(C)CC(NC(=O)c1cccc(NC(=O)C2CC2C)c1)c1cccs1. The summed E-state index contributed by atoms with van der Waals surface area (Å²) in [6, 6.07) is 11.2. The molecule has 0 spiro atoms. The number of benzene rings is 1. The molecule has 3 rings (SSSR count). The first-order chi connectivity index (χ1) is 12.4. The lowest BCUT2D eigenvalue weighted by atomic mass is 10.0. The Balaban J connectivity index is 1.68. The van der Waals surface area contributed by atoms with Crippen LogP contribution in [0.15, 0.2) is 41.8 Å².